The molecular weight excluding hydrogens is 447 g/mol. The fraction of sp³-hybridized carbons (Fsp3) is 0.333. The van der Waals surface area contributed by atoms with Gasteiger partial charge >= 0.3 is 5.97 Å². The van der Waals surface area contributed by atoms with Crippen molar-refractivity contribution in [2.45, 2.75) is 38.7 Å². The highest BCUT2D eigenvalue weighted by Crippen LogP contribution is 2.26. The fourth-order valence-corrected chi connectivity index (χ4v) is 4.69. The molecule has 2 rings (SSSR count). The molecule has 1 amide bonds. The van der Waals surface area contributed by atoms with E-state index in [0.717, 1.165) is 12.1 Å². The number of esters is 1. The van der Waals surface area contributed by atoms with E-state index in [-0.39, 0.29) is 34.3 Å². The second-order valence-corrected chi connectivity index (χ2v) is 9.05. The van der Waals surface area contributed by atoms with Gasteiger partial charge in [-0.1, -0.05) is 31.5 Å². The molecule has 0 aromatic heterocycles. The first kappa shape index (κ1) is 24.8. The number of hydrogen-bond acceptors (Lipinski definition) is 5. The van der Waals surface area contributed by atoms with E-state index in [2.05, 4.69) is 5.32 Å². The monoisotopic (exact) mass is 470 g/mol. The zero-order valence-corrected chi connectivity index (χ0v) is 19.2. The van der Waals surface area contributed by atoms with Gasteiger partial charge in [0.15, 0.2) is 6.10 Å². The van der Waals surface area contributed by atoms with Crippen LogP contribution in [0.3, 0.4) is 0 Å². The van der Waals surface area contributed by atoms with Crippen molar-refractivity contribution in [2.24, 2.45) is 0 Å². The number of rotatable bonds is 8. The number of carbonyl (C=O) groups excluding carboxylic acids is 2. The highest BCUT2D eigenvalue weighted by molar-refractivity contribution is 7.89. The quantitative estimate of drug-likeness (QED) is 0.588. The van der Waals surface area contributed by atoms with E-state index in [1.54, 1.807) is 20.8 Å². The van der Waals surface area contributed by atoms with E-state index in [1.165, 1.54) is 35.5 Å². The SMILES string of the molecule is CCN(CC)S(=O)(=O)c1cc(C(=O)OC(C)C(=O)Nc2ccc(C)c(F)c2)ccc1Cl. The molecule has 1 N–H and O–H groups in total. The van der Waals surface area contributed by atoms with Crippen LogP contribution in [0.5, 0.6) is 0 Å². The first-order valence-corrected chi connectivity index (χ1v) is 11.4. The van der Waals surface area contributed by atoms with Gasteiger partial charge in [0, 0.05) is 18.8 Å². The maximum Gasteiger partial charge on any atom is 0.338 e. The van der Waals surface area contributed by atoms with Gasteiger partial charge in [-0.05, 0) is 49.7 Å². The fourth-order valence-electron chi connectivity index (χ4n) is 2.73. The van der Waals surface area contributed by atoms with Gasteiger partial charge in [0.05, 0.1) is 10.6 Å². The lowest BCUT2D eigenvalue weighted by Crippen LogP contribution is -2.31. The number of sulfonamides is 1. The average molecular weight is 471 g/mol. The maximum atomic E-state index is 13.6. The largest absolute Gasteiger partial charge is 0.449 e. The van der Waals surface area contributed by atoms with Gasteiger partial charge in [0.1, 0.15) is 10.7 Å². The molecule has 10 heteroatoms. The Balaban J connectivity index is 2.17. The summed E-state index contributed by atoms with van der Waals surface area (Å²) in [7, 11) is -3.90. The first-order valence-electron chi connectivity index (χ1n) is 9.58. The molecule has 0 saturated heterocycles. The van der Waals surface area contributed by atoms with Gasteiger partial charge in [-0.3, -0.25) is 4.79 Å². The van der Waals surface area contributed by atoms with Crippen LogP contribution in [-0.4, -0.2) is 43.8 Å². The number of aryl methyl sites for hydroxylation is 1. The van der Waals surface area contributed by atoms with Crippen molar-refractivity contribution in [3.05, 3.63) is 58.4 Å². The summed E-state index contributed by atoms with van der Waals surface area (Å²) < 4.78 is 45.5. The third-order valence-electron chi connectivity index (χ3n) is 4.58. The molecule has 0 radical (unpaired) electrons. The molecule has 1 unspecified atom stereocenters. The molecule has 168 valence electrons. The number of benzene rings is 2. The summed E-state index contributed by atoms with van der Waals surface area (Å²) in [6.45, 7) is 6.79. The van der Waals surface area contributed by atoms with Crippen molar-refractivity contribution in [1.29, 1.82) is 0 Å². The number of carbonyl (C=O) groups is 2. The lowest BCUT2D eigenvalue weighted by atomic mass is 10.2. The van der Waals surface area contributed by atoms with Crippen LogP contribution in [0.1, 0.15) is 36.7 Å². The van der Waals surface area contributed by atoms with Crippen LogP contribution in [0.4, 0.5) is 10.1 Å². The molecule has 0 spiro atoms. The number of halogens is 2. The minimum Gasteiger partial charge on any atom is -0.449 e. The Morgan fingerprint density at radius 3 is 2.39 bits per heavy atom. The van der Waals surface area contributed by atoms with Crippen LogP contribution in [0.2, 0.25) is 5.02 Å². The average Bonchev–Trinajstić information content (AvgIpc) is 2.71. The Labute approximate surface area is 186 Å². The zero-order chi connectivity index (χ0) is 23.3. The van der Waals surface area contributed by atoms with Crippen LogP contribution >= 0.6 is 11.6 Å². The number of nitrogens with zero attached hydrogens (tertiary/aromatic N) is 1. The minimum atomic E-state index is -3.90. The van der Waals surface area contributed by atoms with E-state index in [4.69, 9.17) is 16.3 Å². The molecule has 1 atom stereocenters. The van der Waals surface area contributed by atoms with Crippen molar-refractivity contribution in [2.75, 3.05) is 18.4 Å². The molecule has 2 aromatic carbocycles. The summed E-state index contributed by atoms with van der Waals surface area (Å²) in [4.78, 5) is 24.6. The number of anilines is 1. The van der Waals surface area contributed by atoms with Gasteiger partial charge in [0.25, 0.3) is 5.91 Å². The Hall–Kier alpha value is -2.49. The van der Waals surface area contributed by atoms with Gasteiger partial charge < -0.3 is 10.1 Å². The van der Waals surface area contributed by atoms with Crippen molar-refractivity contribution in [3.63, 3.8) is 0 Å². The van der Waals surface area contributed by atoms with Gasteiger partial charge in [-0.15, -0.1) is 0 Å². The normalized spacial score (nSPS) is 12.5. The summed E-state index contributed by atoms with van der Waals surface area (Å²) in [5, 5.41) is 2.43. The summed E-state index contributed by atoms with van der Waals surface area (Å²) in [5.41, 5.74) is 0.571. The van der Waals surface area contributed by atoms with Crippen LogP contribution in [-0.2, 0) is 19.6 Å². The zero-order valence-electron chi connectivity index (χ0n) is 17.6. The van der Waals surface area contributed by atoms with Gasteiger partial charge in [0.2, 0.25) is 10.0 Å². The lowest BCUT2D eigenvalue weighted by Gasteiger charge is -2.20. The second-order valence-electron chi connectivity index (χ2n) is 6.74. The molecule has 0 aliphatic rings. The van der Waals surface area contributed by atoms with Crippen LogP contribution < -0.4 is 5.32 Å². The van der Waals surface area contributed by atoms with Crippen LogP contribution in [0.15, 0.2) is 41.3 Å². The summed E-state index contributed by atoms with van der Waals surface area (Å²) in [6, 6.07) is 7.91. The third-order valence-corrected chi connectivity index (χ3v) is 7.11. The number of hydrogen-bond donors (Lipinski definition) is 1. The predicted molar refractivity (Wildman–Crippen MR) is 116 cm³/mol. The van der Waals surface area contributed by atoms with Crippen molar-refractivity contribution >= 4 is 39.2 Å². The van der Waals surface area contributed by atoms with E-state index >= 15 is 0 Å². The second kappa shape index (κ2) is 10.2. The highest BCUT2D eigenvalue weighted by Gasteiger charge is 2.27. The van der Waals surface area contributed by atoms with E-state index in [1.807, 2.05) is 0 Å². The van der Waals surface area contributed by atoms with E-state index < -0.39 is 33.8 Å². The Bertz CT molecular complexity index is 1090. The molecular formula is C21H24ClFN2O5S. The molecule has 7 nitrogen and oxygen atoms in total. The highest BCUT2D eigenvalue weighted by atomic mass is 35.5. The van der Waals surface area contributed by atoms with Crippen molar-refractivity contribution < 1.29 is 27.1 Å². The topological polar surface area (TPSA) is 92.8 Å². The lowest BCUT2D eigenvalue weighted by molar-refractivity contribution is -0.123. The van der Waals surface area contributed by atoms with Crippen LogP contribution in [0.25, 0.3) is 0 Å². The molecule has 0 heterocycles. The maximum absolute atomic E-state index is 13.6. The van der Waals surface area contributed by atoms with Crippen molar-refractivity contribution in [1.82, 2.24) is 4.31 Å². The Morgan fingerprint density at radius 1 is 1.16 bits per heavy atom. The Morgan fingerprint density at radius 2 is 1.81 bits per heavy atom. The summed E-state index contributed by atoms with van der Waals surface area (Å²) in [5.74, 6) is -2.04. The minimum absolute atomic E-state index is 0.0318. The molecule has 2 aromatic rings. The molecule has 31 heavy (non-hydrogen) atoms. The molecule has 0 aliphatic carbocycles. The standard InChI is InChI=1S/C21H24ClFN2O5S/c1-5-25(6-2)31(28,29)19-11-15(8-10-17(19)22)21(27)30-14(4)20(26)24-16-9-7-13(3)18(23)12-16/h7-12,14H,5-6H2,1-4H3,(H,24,26). The molecule has 0 aliphatic heterocycles. The predicted octanol–water partition coefficient (Wildman–Crippen LogP) is 4.00. The van der Waals surface area contributed by atoms with Gasteiger partial charge in [-0.25, -0.2) is 17.6 Å². The number of ether oxygens (including phenoxy) is 1. The number of amides is 1. The number of nitrogens with one attached hydrogen (secondary N) is 1. The molecule has 0 bridgehead atoms. The van der Waals surface area contributed by atoms with E-state index in [0.29, 0.717) is 5.56 Å². The summed E-state index contributed by atoms with van der Waals surface area (Å²) in [6.07, 6.45) is -1.21. The molecule has 0 saturated carbocycles. The van der Waals surface area contributed by atoms with Gasteiger partial charge in [-0.2, -0.15) is 4.31 Å². The smallest absolute Gasteiger partial charge is 0.338 e. The molecule has 0 fully saturated rings. The van der Waals surface area contributed by atoms with Crippen molar-refractivity contribution in [3.8, 4) is 0 Å². The van der Waals surface area contributed by atoms with Crippen LogP contribution in [0, 0.1) is 12.7 Å². The summed E-state index contributed by atoms with van der Waals surface area (Å²) >= 11 is 6.06. The Kier molecular flexibility index (Phi) is 8.16. The first-order chi connectivity index (χ1) is 14.5. The third kappa shape index (κ3) is 5.81. The van der Waals surface area contributed by atoms with E-state index in [9.17, 15) is 22.4 Å².